The first-order valence-electron chi connectivity index (χ1n) is 19.8. The first kappa shape index (κ1) is 39.3. The monoisotopic (exact) mass is 765 g/mol. The van der Waals surface area contributed by atoms with Crippen LogP contribution in [0.3, 0.4) is 0 Å². The molecule has 4 aromatic rings. The first-order chi connectivity index (χ1) is 26.5. The van der Waals surface area contributed by atoms with Crippen molar-refractivity contribution in [3.8, 4) is 11.1 Å². The van der Waals surface area contributed by atoms with Crippen LogP contribution in [0.1, 0.15) is 100 Å². The third-order valence-electron chi connectivity index (χ3n) is 11.3. The average Bonchev–Trinajstić information content (AvgIpc) is 3.20. The van der Waals surface area contributed by atoms with Crippen LogP contribution in [0.25, 0.3) is 11.1 Å². The number of amides is 1. The van der Waals surface area contributed by atoms with Crippen LogP contribution >= 0.6 is 0 Å². The van der Waals surface area contributed by atoms with E-state index in [9.17, 15) is 18.3 Å². The van der Waals surface area contributed by atoms with Gasteiger partial charge in [0.25, 0.3) is 0 Å². The van der Waals surface area contributed by atoms with Crippen molar-refractivity contribution < 1.29 is 27.8 Å². The predicted molar refractivity (Wildman–Crippen MR) is 214 cm³/mol. The molecule has 2 heterocycles. The standard InChI is InChI=1S/C45H55N3O6S/c1-45(2,3)47-43(50)41-25-24-34-11-7-8-15-40(34)48(41)29-38-27-42(35-18-16-31(30-49)17-19-35)54-44(53-38)36-22-20-33(21-23-36)37-12-9-10-32(26-37)28-46-55(51,52)39-13-5-4-6-14-39/h4-6,9-10,12-14,16-23,26,34,38,40-42,44,46,49H,7-8,11,15,24-25,27-30H2,1-3H3,(H,47,50)/t34-,38-,40-,41-,42+,44+/m1/s1. The van der Waals surface area contributed by atoms with Gasteiger partial charge in [-0.3, -0.25) is 9.69 Å². The summed E-state index contributed by atoms with van der Waals surface area (Å²) in [4.78, 5) is 16.5. The van der Waals surface area contributed by atoms with E-state index in [1.807, 2.05) is 93.6 Å². The molecular formula is C45H55N3O6S. The molecule has 10 heteroatoms. The second kappa shape index (κ2) is 17.1. The van der Waals surface area contributed by atoms with Crippen molar-refractivity contribution >= 4 is 15.9 Å². The zero-order chi connectivity index (χ0) is 38.6. The number of aliphatic hydroxyl groups excluding tert-OH is 1. The lowest BCUT2D eigenvalue weighted by molar-refractivity contribution is -0.255. The van der Waals surface area contributed by atoms with Crippen LogP contribution in [0, 0.1) is 5.92 Å². The van der Waals surface area contributed by atoms with Crippen LogP contribution in [-0.2, 0) is 37.4 Å². The second-order valence-corrected chi connectivity index (χ2v) is 18.2. The fourth-order valence-electron chi connectivity index (χ4n) is 8.55. The van der Waals surface area contributed by atoms with Gasteiger partial charge in [0.05, 0.1) is 29.8 Å². The number of hydrogen-bond donors (Lipinski definition) is 3. The Morgan fingerprint density at radius 2 is 1.53 bits per heavy atom. The number of nitrogens with one attached hydrogen (secondary N) is 2. The van der Waals surface area contributed by atoms with E-state index in [2.05, 4.69) is 14.9 Å². The van der Waals surface area contributed by atoms with E-state index in [-0.39, 0.29) is 47.7 Å². The van der Waals surface area contributed by atoms with Crippen molar-refractivity contribution in [1.82, 2.24) is 14.9 Å². The zero-order valence-corrected chi connectivity index (χ0v) is 33.0. The van der Waals surface area contributed by atoms with Crippen LogP contribution in [0.15, 0.2) is 108 Å². The van der Waals surface area contributed by atoms with Crippen LogP contribution in [-0.4, -0.2) is 54.6 Å². The Bertz CT molecular complexity index is 2000. The third-order valence-corrected chi connectivity index (χ3v) is 12.7. The van der Waals surface area contributed by atoms with Gasteiger partial charge in [-0.25, -0.2) is 13.1 Å². The Labute approximate surface area is 326 Å². The molecule has 3 fully saturated rings. The fourth-order valence-corrected chi connectivity index (χ4v) is 9.59. The number of ether oxygens (including phenoxy) is 2. The smallest absolute Gasteiger partial charge is 0.240 e. The lowest BCUT2D eigenvalue weighted by atomic mass is 9.75. The summed E-state index contributed by atoms with van der Waals surface area (Å²) in [5.74, 6) is 0.699. The molecule has 2 aliphatic heterocycles. The molecule has 0 radical (unpaired) electrons. The molecule has 0 bridgehead atoms. The van der Waals surface area contributed by atoms with Crippen LogP contribution in [0.4, 0.5) is 0 Å². The molecular weight excluding hydrogens is 711 g/mol. The summed E-state index contributed by atoms with van der Waals surface area (Å²) in [6.45, 7) is 6.92. The lowest BCUT2D eigenvalue weighted by Crippen LogP contribution is -2.61. The van der Waals surface area contributed by atoms with E-state index in [0.717, 1.165) is 52.6 Å². The predicted octanol–water partition coefficient (Wildman–Crippen LogP) is 7.81. The highest BCUT2D eigenvalue weighted by Crippen LogP contribution is 2.42. The largest absolute Gasteiger partial charge is 0.392 e. The Kier molecular flexibility index (Phi) is 12.2. The van der Waals surface area contributed by atoms with Crippen molar-refractivity contribution in [2.45, 2.75) is 120 Å². The summed E-state index contributed by atoms with van der Waals surface area (Å²) in [5, 5.41) is 13.0. The van der Waals surface area contributed by atoms with Gasteiger partial charge >= 0.3 is 0 Å². The minimum absolute atomic E-state index is 0.0196. The zero-order valence-electron chi connectivity index (χ0n) is 32.2. The Morgan fingerprint density at radius 3 is 2.25 bits per heavy atom. The van der Waals surface area contributed by atoms with Gasteiger partial charge in [0.15, 0.2) is 6.29 Å². The normalized spacial score (nSPS) is 24.9. The highest BCUT2D eigenvalue weighted by molar-refractivity contribution is 7.89. The summed E-state index contributed by atoms with van der Waals surface area (Å²) in [5.41, 5.74) is 5.28. The van der Waals surface area contributed by atoms with E-state index in [1.165, 1.54) is 19.3 Å². The van der Waals surface area contributed by atoms with Gasteiger partial charge in [-0.2, -0.15) is 0 Å². The maximum Gasteiger partial charge on any atom is 0.240 e. The van der Waals surface area contributed by atoms with E-state index in [0.29, 0.717) is 24.9 Å². The SMILES string of the molecule is CC(C)(C)NC(=O)[C@H]1CC[C@H]2CCCC[C@H]2N1C[C@H]1C[C@@H](c2ccc(CO)cc2)O[C@@H](c2ccc(-c3cccc(CNS(=O)(=O)c4ccccc4)c3)cc2)O1. The number of rotatable bonds is 11. The minimum Gasteiger partial charge on any atom is -0.392 e. The van der Waals surface area contributed by atoms with Gasteiger partial charge in [0.1, 0.15) is 0 Å². The number of sulfonamides is 1. The Hall–Kier alpha value is -3.90. The number of aliphatic hydroxyl groups is 1. The number of carbonyl (C=O) groups is 1. The molecule has 1 saturated carbocycles. The molecule has 7 rings (SSSR count). The Morgan fingerprint density at radius 1 is 0.800 bits per heavy atom. The molecule has 0 aromatic heterocycles. The summed E-state index contributed by atoms with van der Waals surface area (Å²) in [6.07, 6.45) is 6.29. The Balaban J connectivity index is 1.11. The van der Waals surface area contributed by atoms with Crippen molar-refractivity contribution in [2.75, 3.05) is 6.54 Å². The molecule has 55 heavy (non-hydrogen) atoms. The molecule has 4 aromatic carbocycles. The fraction of sp³-hybridized carbons (Fsp3) is 0.444. The number of piperidine rings is 1. The second-order valence-electron chi connectivity index (χ2n) is 16.5. The van der Waals surface area contributed by atoms with Gasteiger partial charge in [-0.05, 0) is 98.4 Å². The molecule has 3 N–H and O–H groups in total. The molecule has 0 spiro atoms. The molecule has 292 valence electrons. The molecule has 6 atom stereocenters. The van der Waals surface area contributed by atoms with Gasteiger partial charge in [0, 0.05) is 36.7 Å². The number of benzene rings is 4. The molecule has 1 amide bonds. The van der Waals surface area contributed by atoms with Gasteiger partial charge in [-0.1, -0.05) is 97.8 Å². The summed E-state index contributed by atoms with van der Waals surface area (Å²) >= 11 is 0. The highest BCUT2D eigenvalue weighted by atomic mass is 32.2. The number of likely N-dealkylation sites (tertiary alicyclic amines) is 1. The van der Waals surface area contributed by atoms with Crippen molar-refractivity contribution in [2.24, 2.45) is 5.92 Å². The van der Waals surface area contributed by atoms with Crippen LogP contribution < -0.4 is 10.0 Å². The summed E-state index contributed by atoms with van der Waals surface area (Å²) in [6, 6.07) is 32.5. The van der Waals surface area contributed by atoms with E-state index in [1.54, 1.807) is 30.3 Å². The summed E-state index contributed by atoms with van der Waals surface area (Å²) < 4.78 is 41.9. The number of nitrogens with zero attached hydrogens (tertiary/aromatic N) is 1. The van der Waals surface area contributed by atoms with Crippen LogP contribution in [0.5, 0.6) is 0 Å². The number of fused-ring (bicyclic) bond motifs is 1. The quantitative estimate of drug-likeness (QED) is 0.143. The van der Waals surface area contributed by atoms with Gasteiger partial charge in [-0.15, -0.1) is 0 Å². The molecule has 2 saturated heterocycles. The molecule has 1 aliphatic carbocycles. The number of hydrogen-bond acceptors (Lipinski definition) is 7. The van der Waals surface area contributed by atoms with Crippen LogP contribution in [0.2, 0.25) is 0 Å². The van der Waals surface area contributed by atoms with Gasteiger partial charge in [0.2, 0.25) is 15.9 Å². The lowest BCUT2D eigenvalue weighted by Gasteiger charge is -2.50. The van der Waals surface area contributed by atoms with Crippen molar-refractivity contribution in [3.05, 3.63) is 125 Å². The van der Waals surface area contributed by atoms with Crippen molar-refractivity contribution in [1.29, 1.82) is 0 Å². The third kappa shape index (κ3) is 9.74. The maximum atomic E-state index is 13.8. The minimum atomic E-state index is -3.63. The first-order valence-corrected chi connectivity index (χ1v) is 21.3. The van der Waals surface area contributed by atoms with Crippen molar-refractivity contribution in [3.63, 3.8) is 0 Å². The maximum absolute atomic E-state index is 13.8. The van der Waals surface area contributed by atoms with E-state index < -0.39 is 16.3 Å². The molecule has 3 aliphatic rings. The molecule has 0 unspecified atom stereocenters. The molecule has 9 nitrogen and oxygen atoms in total. The number of carbonyl (C=O) groups excluding carboxylic acids is 1. The van der Waals surface area contributed by atoms with E-state index >= 15 is 0 Å². The van der Waals surface area contributed by atoms with E-state index in [4.69, 9.17) is 9.47 Å². The summed E-state index contributed by atoms with van der Waals surface area (Å²) in [7, 11) is -3.63. The highest BCUT2D eigenvalue weighted by Gasteiger charge is 2.44. The van der Waals surface area contributed by atoms with Gasteiger partial charge < -0.3 is 19.9 Å². The topological polar surface area (TPSA) is 117 Å². The average molecular weight is 766 g/mol.